The summed E-state index contributed by atoms with van der Waals surface area (Å²) in [6, 6.07) is 7.32. The average Bonchev–Trinajstić information content (AvgIpc) is 2.72. The Bertz CT molecular complexity index is 459. The molecule has 110 valence electrons. The molecule has 1 heterocycles. The summed E-state index contributed by atoms with van der Waals surface area (Å²) < 4.78 is 11.0. The number of ether oxygens (including phenoxy) is 2. The van der Waals surface area contributed by atoms with Gasteiger partial charge < -0.3 is 14.4 Å². The van der Waals surface area contributed by atoms with Crippen molar-refractivity contribution >= 4 is 5.91 Å². The number of hydrogen-bond donors (Lipinski definition) is 0. The normalized spacial score (nSPS) is 19.8. The lowest BCUT2D eigenvalue weighted by Crippen LogP contribution is -2.38. The van der Waals surface area contributed by atoms with Crippen molar-refractivity contribution in [1.29, 1.82) is 0 Å². The van der Waals surface area contributed by atoms with E-state index >= 15 is 0 Å². The molecule has 4 heteroatoms. The van der Waals surface area contributed by atoms with Crippen LogP contribution in [-0.2, 0) is 4.74 Å². The first-order valence-corrected chi connectivity index (χ1v) is 7.16. The average molecular weight is 277 g/mol. The SMILES string of the molecule is COc1cccc(C(=O)N2CCCO[C@@H](C(C)C)C2)c1. The molecule has 2 rings (SSSR count). The predicted molar refractivity (Wildman–Crippen MR) is 78.1 cm³/mol. The summed E-state index contributed by atoms with van der Waals surface area (Å²) in [4.78, 5) is 14.5. The molecule has 20 heavy (non-hydrogen) atoms. The van der Waals surface area contributed by atoms with Crippen LogP contribution >= 0.6 is 0 Å². The number of hydrogen-bond acceptors (Lipinski definition) is 3. The van der Waals surface area contributed by atoms with E-state index in [1.807, 2.05) is 23.1 Å². The number of carbonyl (C=O) groups excluding carboxylic acids is 1. The Kier molecular flexibility index (Phi) is 5.01. The first kappa shape index (κ1) is 14.9. The van der Waals surface area contributed by atoms with Crippen molar-refractivity contribution in [3.05, 3.63) is 29.8 Å². The molecule has 1 amide bonds. The van der Waals surface area contributed by atoms with Crippen molar-refractivity contribution < 1.29 is 14.3 Å². The van der Waals surface area contributed by atoms with Crippen LogP contribution in [0.5, 0.6) is 5.75 Å². The predicted octanol–water partition coefficient (Wildman–Crippen LogP) is 2.58. The highest BCUT2D eigenvalue weighted by atomic mass is 16.5. The molecule has 0 aliphatic carbocycles. The Hall–Kier alpha value is -1.55. The minimum Gasteiger partial charge on any atom is -0.497 e. The van der Waals surface area contributed by atoms with Crippen LogP contribution in [0.15, 0.2) is 24.3 Å². The maximum absolute atomic E-state index is 12.6. The zero-order valence-corrected chi connectivity index (χ0v) is 12.5. The minimum atomic E-state index is 0.0556. The lowest BCUT2D eigenvalue weighted by atomic mass is 10.1. The van der Waals surface area contributed by atoms with Crippen molar-refractivity contribution in [2.75, 3.05) is 26.8 Å². The maximum atomic E-state index is 12.6. The molecule has 0 bridgehead atoms. The molecule has 0 unspecified atom stereocenters. The van der Waals surface area contributed by atoms with Gasteiger partial charge in [-0.3, -0.25) is 4.79 Å². The third-order valence-electron chi connectivity index (χ3n) is 3.65. The van der Waals surface area contributed by atoms with Gasteiger partial charge in [0.15, 0.2) is 0 Å². The van der Waals surface area contributed by atoms with Crippen LogP contribution in [-0.4, -0.2) is 43.7 Å². The van der Waals surface area contributed by atoms with E-state index in [2.05, 4.69) is 13.8 Å². The Labute approximate surface area is 120 Å². The number of methoxy groups -OCH3 is 1. The summed E-state index contributed by atoms with van der Waals surface area (Å²) in [5.74, 6) is 1.18. The molecule has 1 atom stereocenters. The van der Waals surface area contributed by atoms with Gasteiger partial charge in [0.25, 0.3) is 5.91 Å². The molecule has 1 aliphatic heterocycles. The summed E-state index contributed by atoms with van der Waals surface area (Å²) in [5, 5.41) is 0. The highest BCUT2D eigenvalue weighted by molar-refractivity contribution is 5.94. The Balaban J connectivity index is 2.13. The molecule has 1 aliphatic rings. The first-order chi connectivity index (χ1) is 9.61. The second-order valence-electron chi connectivity index (χ2n) is 5.49. The van der Waals surface area contributed by atoms with Crippen molar-refractivity contribution in [3.8, 4) is 5.75 Å². The zero-order chi connectivity index (χ0) is 14.5. The highest BCUT2D eigenvalue weighted by Crippen LogP contribution is 2.18. The third kappa shape index (κ3) is 3.51. The van der Waals surface area contributed by atoms with Crippen LogP contribution in [0.4, 0.5) is 0 Å². The number of nitrogens with zero attached hydrogens (tertiary/aromatic N) is 1. The molecule has 1 aromatic carbocycles. The fourth-order valence-electron chi connectivity index (χ4n) is 2.38. The van der Waals surface area contributed by atoms with Crippen LogP contribution in [0.25, 0.3) is 0 Å². The lowest BCUT2D eigenvalue weighted by Gasteiger charge is -2.26. The number of benzene rings is 1. The van der Waals surface area contributed by atoms with Crippen molar-refractivity contribution in [1.82, 2.24) is 4.90 Å². The summed E-state index contributed by atoms with van der Waals surface area (Å²) >= 11 is 0. The smallest absolute Gasteiger partial charge is 0.254 e. The van der Waals surface area contributed by atoms with Crippen LogP contribution in [0.1, 0.15) is 30.6 Å². The summed E-state index contributed by atoms with van der Waals surface area (Å²) in [6.07, 6.45) is 1.01. The Morgan fingerprint density at radius 2 is 2.25 bits per heavy atom. The van der Waals surface area contributed by atoms with Gasteiger partial charge in [0.1, 0.15) is 5.75 Å². The van der Waals surface area contributed by atoms with Crippen molar-refractivity contribution in [2.24, 2.45) is 5.92 Å². The molecule has 0 aromatic heterocycles. The van der Waals surface area contributed by atoms with Crippen LogP contribution in [0.2, 0.25) is 0 Å². The standard InChI is InChI=1S/C16H23NO3/c1-12(2)15-11-17(8-5-9-20-15)16(18)13-6-4-7-14(10-13)19-3/h4,6-7,10,12,15H,5,8-9,11H2,1-3H3/t15-/m1/s1. The van der Waals surface area contributed by atoms with Crippen molar-refractivity contribution in [3.63, 3.8) is 0 Å². The van der Waals surface area contributed by atoms with Crippen LogP contribution < -0.4 is 4.74 Å². The Morgan fingerprint density at radius 1 is 1.45 bits per heavy atom. The molecule has 0 radical (unpaired) electrons. The van der Waals surface area contributed by atoms with Gasteiger partial charge >= 0.3 is 0 Å². The molecule has 0 N–H and O–H groups in total. The zero-order valence-electron chi connectivity index (χ0n) is 12.5. The van der Waals surface area contributed by atoms with E-state index in [1.165, 1.54) is 0 Å². The molecule has 4 nitrogen and oxygen atoms in total. The van der Waals surface area contributed by atoms with Gasteiger partial charge in [0.05, 0.1) is 13.2 Å². The fraction of sp³-hybridized carbons (Fsp3) is 0.562. The topological polar surface area (TPSA) is 38.8 Å². The summed E-state index contributed by atoms with van der Waals surface area (Å²) in [5.41, 5.74) is 0.675. The van der Waals surface area contributed by atoms with Gasteiger partial charge in [0.2, 0.25) is 0 Å². The Morgan fingerprint density at radius 3 is 2.95 bits per heavy atom. The maximum Gasteiger partial charge on any atom is 0.254 e. The minimum absolute atomic E-state index is 0.0556. The quantitative estimate of drug-likeness (QED) is 0.852. The van der Waals surface area contributed by atoms with Crippen LogP contribution in [0.3, 0.4) is 0 Å². The number of amides is 1. The van der Waals surface area contributed by atoms with Gasteiger partial charge in [-0.15, -0.1) is 0 Å². The number of rotatable bonds is 3. The molecule has 0 spiro atoms. The first-order valence-electron chi connectivity index (χ1n) is 7.16. The van der Waals surface area contributed by atoms with E-state index in [0.29, 0.717) is 23.8 Å². The van der Waals surface area contributed by atoms with Gasteiger partial charge in [-0.2, -0.15) is 0 Å². The molecule has 0 saturated carbocycles. The van der Waals surface area contributed by atoms with E-state index in [9.17, 15) is 4.79 Å². The van der Waals surface area contributed by atoms with Gasteiger partial charge in [-0.05, 0) is 30.5 Å². The highest BCUT2D eigenvalue weighted by Gasteiger charge is 2.25. The number of carbonyl (C=O) groups is 1. The largest absolute Gasteiger partial charge is 0.497 e. The summed E-state index contributed by atoms with van der Waals surface area (Å²) in [7, 11) is 1.61. The fourth-order valence-corrected chi connectivity index (χ4v) is 2.38. The van der Waals surface area contributed by atoms with Gasteiger partial charge in [-0.25, -0.2) is 0 Å². The van der Waals surface area contributed by atoms with Crippen LogP contribution in [0, 0.1) is 5.92 Å². The van der Waals surface area contributed by atoms with Gasteiger partial charge in [-0.1, -0.05) is 19.9 Å². The van der Waals surface area contributed by atoms with Gasteiger partial charge in [0, 0.05) is 25.3 Å². The lowest BCUT2D eigenvalue weighted by molar-refractivity contribution is 0.0222. The molecule has 1 fully saturated rings. The van der Waals surface area contributed by atoms with E-state index < -0.39 is 0 Å². The second-order valence-corrected chi connectivity index (χ2v) is 5.49. The monoisotopic (exact) mass is 277 g/mol. The molecular formula is C16H23NO3. The second kappa shape index (κ2) is 6.75. The van der Waals surface area contributed by atoms with E-state index in [-0.39, 0.29) is 12.0 Å². The molecule has 1 saturated heterocycles. The molecule has 1 aromatic rings. The van der Waals surface area contributed by atoms with E-state index in [4.69, 9.17) is 9.47 Å². The molecular weight excluding hydrogens is 254 g/mol. The summed E-state index contributed by atoms with van der Waals surface area (Å²) in [6.45, 7) is 6.39. The van der Waals surface area contributed by atoms with E-state index in [0.717, 1.165) is 19.6 Å². The van der Waals surface area contributed by atoms with Crippen molar-refractivity contribution in [2.45, 2.75) is 26.4 Å². The third-order valence-corrected chi connectivity index (χ3v) is 3.65. The van der Waals surface area contributed by atoms with E-state index in [1.54, 1.807) is 13.2 Å².